The van der Waals surface area contributed by atoms with Crippen LogP contribution in [0, 0.1) is 0 Å². The third kappa shape index (κ3) is 1.46. The van der Waals surface area contributed by atoms with Crippen molar-refractivity contribution in [2.24, 2.45) is 0 Å². The molecule has 2 unspecified atom stereocenters. The molecule has 0 spiro atoms. The Labute approximate surface area is 93.8 Å². The van der Waals surface area contributed by atoms with Gasteiger partial charge in [-0.1, -0.05) is 5.16 Å². The smallest absolute Gasteiger partial charge is 0.290 e. The molecule has 2 aliphatic heterocycles. The number of aromatic nitrogens is 2. The van der Waals surface area contributed by atoms with Crippen molar-refractivity contribution < 1.29 is 9.32 Å². The van der Waals surface area contributed by atoms with E-state index in [-0.39, 0.29) is 5.89 Å². The maximum atomic E-state index is 10.5. The standard InChI is InChI=1S/C11H15N3O2/c1-14-8-2-3-9(14)5-7(4-8)11-12-10(6-15)16-13-11/h6-9H,2-5H2,1H3. The van der Waals surface area contributed by atoms with Crippen molar-refractivity contribution in [2.75, 3.05) is 7.05 Å². The molecule has 3 rings (SSSR count). The summed E-state index contributed by atoms with van der Waals surface area (Å²) in [4.78, 5) is 17.1. The van der Waals surface area contributed by atoms with E-state index in [2.05, 4.69) is 22.1 Å². The average Bonchev–Trinajstić information content (AvgIpc) is 2.82. The number of carbonyl (C=O) groups is 1. The van der Waals surface area contributed by atoms with Crippen LogP contribution in [0.25, 0.3) is 0 Å². The first-order valence-corrected chi connectivity index (χ1v) is 5.78. The topological polar surface area (TPSA) is 59.2 Å². The number of rotatable bonds is 2. The van der Waals surface area contributed by atoms with Gasteiger partial charge in [0.2, 0.25) is 6.29 Å². The van der Waals surface area contributed by atoms with E-state index in [1.54, 1.807) is 0 Å². The summed E-state index contributed by atoms with van der Waals surface area (Å²) < 4.78 is 4.84. The van der Waals surface area contributed by atoms with Crippen molar-refractivity contribution in [2.45, 2.75) is 43.7 Å². The lowest BCUT2D eigenvalue weighted by Gasteiger charge is -2.34. The maximum Gasteiger partial charge on any atom is 0.290 e. The van der Waals surface area contributed by atoms with Gasteiger partial charge in [0.05, 0.1) is 0 Å². The van der Waals surface area contributed by atoms with E-state index in [0.29, 0.717) is 30.1 Å². The molecule has 0 saturated carbocycles. The van der Waals surface area contributed by atoms with Gasteiger partial charge in [0.25, 0.3) is 5.89 Å². The van der Waals surface area contributed by atoms with Gasteiger partial charge in [0, 0.05) is 18.0 Å². The lowest BCUT2D eigenvalue weighted by atomic mass is 9.90. The Morgan fingerprint density at radius 3 is 2.62 bits per heavy atom. The molecule has 2 saturated heterocycles. The van der Waals surface area contributed by atoms with Crippen LogP contribution >= 0.6 is 0 Å². The van der Waals surface area contributed by atoms with E-state index in [4.69, 9.17) is 4.52 Å². The highest BCUT2D eigenvalue weighted by molar-refractivity contribution is 5.66. The molecule has 86 valence electrons. The summed E-state index contributed by atoms with van der Waals surface area (Å²) in [6, 6.07) is 1.31. The fourth-order valence-electron chi connectivity index (χ4n) is 3.08. The first-order chi connectivity index (χ1) is 7.78. The fraction of sp³-hybridized carbons (Fsp3) is 0.727. The second-order valence-electron chi connectivity index (χ2n) is 4.83. The molecule has 2 fully saturated rings. The minimum absolute atomic E-state index is 0.0984. The number of hydrogen-bond acceptors (Lipinski definition) is 5. The van der Waals surface area contributed by atoms with Gasteiger partial charge in [-0.15, -0.1) is 0 Å². The van der Waals surface area contributed by atoms with Crippen LogP contribution in [-0.4, -0.2) is 40.5 Å². The molecule has 2 bridgehead atoms. The monoisotopic (exact) mass is 221 g/mol. The minimum atomic E-state index is 0.0984. The second-order valence-corrected chi connectivity index (χ2v) is 4.83. The molecular weight excluding hydrogens is 206 g/mol. The average molecular weight is 221 g/mol. The summed E-state index contributed by atoms with van der Waals surface area (Å²) in [5.41, 5.74) is 0. The van der Waals surface area contributed by atoms with Crippen LogP contribution in [-0.2, 0) is 0 Å². The van der Waals surface area contributed by atoms with E-state index >= 15 is 0 Å². The number of piperidine rings is 1. The van der Waals surface area contributed by atoms with Crippen LogP contribution in [0.4, 0.5) is 0 Å². The summed E-state index contributed by atoms with van der Waals surface area (Å²) in [5, 5.41) is 3.90. The van der Waals surface area contributed by atoms with E-state index in [9.17, 15) is 4.79 Å². The molecule has 3 heterocycles. The second kappa shape index (κ2) is 3.66. The third-order valence-corrected chi connectivity index (χ3v) is 4.02. The number of aldehydes is 1. The van der Waals surface area contributed by atoms with Crippen LogP contribution in [0.15, 0.2) is 4.52 Å². The molecule has 5 nitrogen and oxygen atoms in total. The Balaban J connectivity index is 1.79. The zero-order chi connectivity index (χ0) is 11.1. The lowest BCUT2D eigenvalue weighted by molar-refractivity contribution is 0.108. The Hall–Kier alpha value is -1.23. The molecule has 1 aromatic heterocycles. The van der Waals surface area contributed by atoms with Gasteiger partial charge in [-0.2, -0.15) is 4.98 Å². The first-order valence-electron chi connectivity index (χ1n) is 5.78. The van der Waals surface area contributed by atoms with E-state index < -0.39 is 0 Å². The van der Waals surface area contributed by atoms with Gasteiger partial charge >= 0.3 is 0 Å². The van der Waals surface area contributed by atoms with E-state index in [0.717, 1.165) is 12.8 Å². The van der Waals surface area contributed by atoms with Gasteiger partial charge in [0.1, 0.15) is 0 Å². The highest BCUT2D eigenvalue weighted by Crippen LogP contribution is 2.41. The number of fused-ring (bicyclic) bond motifs is 2. The zero-order valence-corrected chi connectivity index (χ0v) is 9.30. The largest absolute Gasteiger partial charge is 0.331 e. The quantitative estimate of drug-likeness (QED) is 0.703. The Morgan fingerprint density at radius 1 is 1.38 bits per heavy atom. The first kappa shape index (κ1) is 9.96. The zero-order valence-electron chi connectivity index (χ0n) is 9.30. The number of nitrogens with zero attached hydrogens (tertiary/aromatic N) is 3. The van der Waals surface area contributed by atoms with Gasteiger partial charge in [-0.3, -0.25) is 4.79 Å². The van der Waals surface area contributed by atoms with Gasteiger partial charge in [0.15, 0.2) is 5.82 Å². The lowest BCUT2D eigenvalue weighted by Crippen LogP contribution is -2.39. The maximum absolute atomic E-state index is 10.5. The summed E-state index contributed by atoms with van der Waals surface area (Å²) >= 11 is 0. The number of carbonyl (C=O) groups excluding carboxylic acids is 1. The minimum Gasteiger partial charge on any atom is -0.331 e. The van der Waals surface area contributed by atoms with Crippen molar-refractivity contribution in [3.8, 4) is 0 Å². The predicted molar refractivity (Wildman–Crippen MR) is 56.2 cm³/mol. The SMILES string of the molecule is CN1C2CCC1CC(c1noc(C=O)n1)C2. The summed E-state index contributed by atoms with van der Waals surface area (Å²) in [5.74, 6) is 1.18. The highest BCUT2D eigenvalue weighted by atomic mass is 16.5. The van der Waals surface area contributed by atoms with Crippen LogP contribution in [0.2, 0.25) is 0 Å². The third-order valence-electron chi connectivity index (χ3n) is 4.02. The van der Waals surface area contributed by atoms with Gasteiger partial charge in [-0.05, 0) is 32.7 Å². The van der Waals surface area contributed by atoms with Gasteiger partial charge in [-0.25, -0.2) is 0 Å². The summed E-state index contributed by atoms with van der Waals surface area (Å²) in [7, 11) is 2.20. The molecule has 2 aliphatic rings. The predicted octanol–water partition coefficient (Wildman–Crippen LogP) is 1.22. The number of hydrogen-bond donors (Lipinski definition) is 0. The molecule has 0 N–H and O–H groups in total. The summed E-state index contributed by atoms with van der Waals surface area (Å²) in [6.07, 6.45) is 5.34. The molecule has 16 heavy (non-hydrogen) atoms. The van der Waals surface area contributed by atoms with Crippen LogP contribution in [0.3, 0.4) is 0 Å². The van der Waals surface area contributed by atoms with Crippen LogP contribution < -0.4 is 0 Å². The molecule has 0 aliphatic carbocycles. The van der Waals surface area contributed by atoms with Gasteiger partial charge < -0.3 is 9.42 Å². The molecule has 1 aromatic rings. The molecular formula is C11H15N3O2. The van der Waals surface area contributed by atoms with Crippen molar-refractivity contribution in [1.29, 1.82) is 0 Å². The Kier molecular flexibility index (Phi) is 2.28. The normalized spacial score (nSPS) is 34.2. The Morgan fingerprint density at radius 2 is 2.06 bits per heavy atom. The van der Waals surface area contributed by atoms with Crippen molar-refractivity contribution in [3.05, 3.63) is 11.7 Å². The molecule has 5 heteroatoms. The Bertz CT molecular complexity index is 390. The molecule has 0 amide bonds. The highest BCUT2D eigenvalue weighted by Gasteiger charge is 2.40. The molecule has 0 radical (unpaired) electrons. The van der Waals surface area contributed by atoms with Crippen molar-refractivity contribution >= 4 is 6.29 Å². The van der Waals surface area contributed by atoms with E-state index in [1.807, 2.05) is 0 Å². The van der Waals surface area contributed by atoms with Crippen LogP contribution in [0.1, 0.15) is 48.1 Å². The van der Waals surface area contributed by atoms with Crippen molar-refractivity contribution in [3.63, 3.8) is 0 Å². The summed E-state index contributed by atoms with van der Waals surface area (Å²) in [6.45, 7) is 0. The van der Waals surface area contributed by atoms with Crippen LogP contribution in [0.5, 0.6) is 0 Å². The van der Waals surface area contributed by atoms with Crippen molar-refractivity contribution in [1.82, 2.24) is 15.0 Å². The molecule has 0 aromatic carbocycles. The molecule has 2 atom stereocenters. The fourth-order valence-corrected chi connectivity index (χ4v) is 3.08. The van der Waals surface area contributed by atoms with E-state index in [1.165, 1.54) is 12.8 Å².